The maximum Gasteiger partial charge on any atom is 0.253 e. The van der Waals surface area contributed by atoms with Crippen molar-refractivity contribution < 1.29 is 34.8 Å². The Kier molecular flexibility index (Phi) is 11.5. The zero-order valence-corrected chi connectivity index (χ0v) is 21.6. The van der Waals surface area contributed by atoms with E-state index in [1.165, 1.54) is 6.92 Å². The summed E-state index contributed by atoms with van der Waals surface area (Å²) in [6, 6.07) is -0.907. The third-order valence-corrected chi connectivity index (χ3v) is 6.81. The van der Waals surface area contributed by atoms with Crippen molar-refractivity contribution >= 4 is 91.2 Å². The van der Waals surface area contributed by atoms with Crippen molar-refractivity contribution in [1.29, 1.82) is 0 Å². The number of halogens is 3. The number of hydrogen-bond acceptors (Lipinski definition) is 7. The molecule has 0 spiro atoms. The minimum atomic E-state index is -1.32. The van der Waals surface area contributed by atoms with Crippen LogP contribution in [-0.4, -0.2) is 76.7 Å². The number of anilines is 1. The molecule has 1 rings (SSSR count). The van der Waals surface area contributed by atoms with Crippen LogP contribution in [0.25, 0.3) is 0 Å². The highest BCUT2D eigenvalue weighted by Gasteiger charge is 2.29. The lowest BCUT2D eigenvalue weighted by Crippen LogP contribution is -2.41. The van der Waals surface area contributed by atoms with Crippen molar-refractivity contribution in [1.82, 2.24) is 10.6 Å². The van der Waals surface area contributed by atoms with Crippen molar-refractivity contribution in [3.05, 3.63) is 21.8 Å². The van der Waals surface area contributed by atoms with Crippen LogP contribution in [0, 0.1) is 10.7 Å². The second-order valence-corrected chi connectivity index (χ2v) is 8.98. The fraction of sp³-hybridized carbons (Fsp3) is 0.438. The van der Waals surface area contributed by atoms with Crippen molar-refractivity contribution in [2.75, 3.05) is 31.7 Å². The van der Waals surface area contributed by atoms with E-state index in [0.29, 0.717) is 7.14 Å². The molecule has 0 fully saturated rings. The number of aliphatic hydroxyl groups excluding tert-OH is 4. The third-order valence-electron chi connectivity index (χ3n) is 3.57. The molecular formula is C16H20I3N3O7. The van der Waals surface area contributed by atoms with Gasteiger partial charge in [-0.05, 0) is 74.7 Å². The summed E-state index contributed by atoms with van der Waals surface area (Å²) in [7, 11) is 0. The van der Waals surface area contributed by atoms with Crippen LogP contribution in [-0.2, 0) is 4.79 Å². The topological polar surface area (TPSA) is 168 Å². The highest BCUT2D eigenvalue weighted by molar-refractivity contribution is 14.1. The van der Waals surface area contributed by atoms with Gasteiger partial charge in [-0.2, -0.15) is 0 Å². The van der Waals surface area contributed by atoms with Gasteiger partial charge < -0.3 is 36.4 Å². The quantitative estimate of drug-likeness (QED) is 0.169. The average molecular weight is 747 g/mol. The molecule has 0 aromatic heterocycles. The molecule has 13 heteroatoms. The molecule has 1 aromatic carbocycles. The van der Waals surface area contributed by atoms with Gasteiger partial charge >= 0.3 is 0 Å². The highest BCUT2D eigenvalue weighted by Crippen LogP contribution is 2.36. The van der Waals surface area contributed by atoms with Crippen LogP contribution in [0.1, 0.15) is 27.6 Å². The molecule has 0 aliphatic heterocycles. The molecule has 1 atom stereocenters. The van der Waals surface area contributed by atoms with Crippen LogP contribution in [0.4, 0.5) is 5.69 Å². The zero-order chi connectivity index (χ0) is 22.3. The molecule has 0 saturated carbocycles. The minimum Gasteiger partial charge on any atom is -0.395 e. The maximum absolute atomic E-state index is 12.8. The Morgan fingerprint density at radius 2 is 1.45 bits per heavy atom. The van der Waals surface area contributed by atoms with E-state index in [2.05, 4.69) is 16.0 Å². The lowest BCUT2D eigenvalue weighted by atomic mass is 10.1. The second kappa shape index (κ2) is 12.5. The van der Waals surface area contributed by atoms with Gasteiger partial charge in [0.05, 0.1) is 49.8 Å². The van der Waals surface area contributed by atoms with Crippen LogP contribution in [0.5, 0.6) is 0 Å². The summed E-state index contributed by atoms with van der Waals surface area (Å²) >= 11 is 5.52. The normalized spacial score (nSPS) is 11.9. The lowest BCUT2D eigenvalue weighted by molar-refractivity contribution is -0.123. The number of aliphatic hydroxyl groups is 4. The summed E-state index contributed by atoms with van der Waals surface area (Å²) in [5.74, 6) is -1.95. The second-order valence-electron chi connectivity index (χ2n) is 5.75. The van der Waals surface area contributed by atoms with Crippen molar-refractivity contribution in [2.45, 2.75) is 19.1 Å². The molecule has 0 unspecified atom stereocenters. The van der Waals surface area contributed by atoms with E-state index in [4.69, 9.17) is 5.11 Å². The predicted molar refractivity (Wildman–Crippen MR) is 130 cm³/mol. The molecule has 162 valence electrons. The molecule has 10 nitrogen and oxygen atoms in total. The Morgan fingerprint density at radius 3 is 1.90 bits per heavy atom. The first kappa shape index (κ1) is 26.7. The standard InChI is InChI=1S/C16H20I3N3O7/c1-6(26)14(27)22-13-11(18)8(15(28)20-2-3-23)10(17)9(12(13)19)16(29)21-7(4-24)5-25/h6-7,23-26H,2-5H2,1H3,(H,20,28)(H,21,29)(H,22,27)/t6-/m0/s1. The van der Waals surface area contributed by atoms with Gasteiger partial charge in [0.1, 0.15) is 6.10 Å². The molecule has 29 heavy (non-hydrogen) atoms. The molecule has 3 amide bonds. The van der Waals surface area contributed by atoms with E-state index in [-0.39, 0.29) is 33.5 Å². The summed E-state index contributed by atoms with van der Waals surface area (Å²) in [6.07, 6.45) is -1.32. The fourth-order valence-corrected chi connectivity index (χ4v) is 6.48. The van der Waals surface area contributed by atoms with Crippen molar-refractivity contribution in [2.24, 2.45) is 0 Å². The molecule has 0 radical (unpaired) electrons. The smallest absolute Gasteiger partial charge is 0.253 e. The predicted octanol–water partition coefficient (Wildman–Crippen LogP) is -0.375. The Labute approximate surface area is 207 Å². The van der Waals surface area contributed by atoms with E-state index in [0.717, 1.165) is 0 Å². The Hall–Kier alpha value is -0.340. The number of hydrogen-bond donors (Lipinski definition) is 7. The first-order valence-corrected chi connectivity index (χ1v) is 11.4. The summed E-state index contributed by atoms with van der Waals surface area (Å²) in [6.45, 7) is 0.00366. The van der Waals surface area contributed by atoms with Gasteiger partial charge in [0.25, 0.3) is 17.7 Å². The van der Waals surface area contributed by atoms with Crippen molar-refractivity contribution in [3.63, 3.8) is 0 Å². The van der Waals surface area contributed by atoms with E-state index in [1.807, 2.05) is 67.8 Å². The van der Waals surface area contributed by atoms with Crippen LogP contribution in [0.3, 0.4) is 0 Å². The SMILES string of the molecule is C[C@H](O)C(=O)Nc1c(I)c(C(=O)NCCO)c(I)c(C(=O)NC(CO)CO)c1I. The van der Waals surface area contributed by atoms with Gasteiger partial charge in [-0.15, -0.1) is 0 Å². The van der Waals surface area contributed by atoms with Gasteiger partial charge in [0, 0.05) is 10.1 Å². The minimum absolute atomic E-state index is 0.00895. The lowest BCUT2D eigenvalue weighted by Gasteiger charge is -2.21. The Morgan fingerprint density at radius 1 is 0.931 bits per heavy atom. The zero-order valence-electron chi connectivity index (χ0n) is 15.1. The number of amides is 3. The number of carbonyl (C=O) groups excluding carboxylic acids is 3. The molecule has 7 N–H and O–H groups in total. The van der Waals surface area contributed by atoms with E-state index < -0.39 is 43.1 Å². The molecule has 0 aliphatic carbocycles. The maximum atomic E-state index is 12.8. The van der Waals surface area contributed by atoms with Gasteiger partial charge in [-0.1, -0.05) is 0 Å². The van der Waals surface area contributed by atoms with Crippen LogP contribution in [0.15, 0.2) is 0 Å². The molecule has 0 aliphatic rings. The molecule has 1 aromatic rings. The molecule has 0 bridgehead atoms. The van der Waals surface area contributed by atoms with Crippen molar-refractivity contribution in [3.8, 4) is 0 Å². The van der Waals surface area contributed by atoms with E-state index >= 15 is 0 Å². The number of nitrogens with one attached hydrogen (secondary N) is 3. The van der Waals surface area contributed by atoms with Gasteiger partial charge in [-0.25, -0.2) is 0 Å². The van der Waals surface area contributed by atoms with Gasteiger partial charge in [-0.3, -0.25) is 14.4 Å². The average Bonchev–Trinajstić information content (AvgIpc) is 2.67. The molecule has 0 heterocycles. The van der Waals surface area contributed by atoms with Gasteiger partial charge in [0.2, 0.25) is 0 Å². The Bertz CT molecular complexity index is 786. The largest absolute Gasteiger partial charge is 0.395 e. The highest BCUT2D eigenvalue weighted by atomic mass is 127. The van der Waals surface area contributed by atoms with Crippen LogP contribution < -0.4 is 16.0 Å². The fourth-order valence-electron chi connectivity index (χ4n) is 2.06. The van der Waals surface area contributed by atoms with E-state index in [1.54, 1.807) is 0 Å². The Balaban J connectivity index is 3.62. The number of rotatable bonds is 9. The van der Waals surface area contributed by atoms with Crippen LogP contribution in [0.2, 0.25) is 0 Å². The third kappa shape index (κ3) is 6.82. The number of benzene rings is 1. The summed E-state index contributed by atoms with van der Waals surface area (Å²) in [5, 5.41) is 44.4. The number of carbonyl (C=O) groups is 3. The van der Waals surface area contributed by atoms with E-state index in [9.17, 15) is 29.7 Å². The summed E-state index contributed by atoms with van der Waals surface area (Å²) < 4.78 is 0.948. The van der Waals surface area contributed by atoms with Crippen LogP contribution >= 0.6 is 67.8 Å². The monoisotopic (exact) mass is 747 g/mol. The molecule has 0 saturated heterocycles. The first-order valence-electron chi connectivity index (χ1n) is 8.21. The van der Waals surface area contributed by atoms with Gasteiger partial charge in [0.15, 0.2) is 0 Å². The molecular weight excluding hydrogens is 727 g/mol. The summed E-state index contributed by atoms with van der Waals surface area (Å²) in [4.78, 5) is 37.5. The summed E-state index contributed by atoms with van der Waals surface area (Å²) in [5.41, 5.74) is 0.338. The first-order chi connectivity index (χ1) is 13.6.